The summed E-state index contributed by atoms with van der Waals surface area (Å²) < 4.78 is 26.1. The van der Waals surface area contributed by atoms with Gasteiger partial charge in [-0.05, 0) is 55.7 Å². The van der Waals surface area contributed by atoms with Gasteiger partial charge in [0.2, 0.25) is 15.9 Å². The number of anilines is 2. The first kappa shape index (κ1) is 21.5. The molecule has 0 bridgehead atoms. The number of hydrogen-bond donors (Lipinski definition) is 1. The molecular weight excluding hydrogens is 407 g/mol. The Morgan fingerprint density at radius 3 is 2.37 bits per heavy atom. The molecule has 0 spiro atoms. The molecule has 0 aromatic heterocycles. The van der Waals surface area contributed by atoms with E-state index in [0.29, 0.717) is 27.0 Å². The second-order valence-electron chi connectivity index (χ2n) is 6.32. The highest BCUT2D eigenvalue weighted by atomic mass is 35.5. The number of nitrogens with zero attached hydrogens (tertiary/aromatic N) is 1. The van der Waals surface area contributed by atoms with E-state index in [1.165, 1.54) is 0 Å². The van der Waals surface area contributed by atoms with E-state index in [-0.39, 0.29) is 6.42 Å². The minimum atomic E-state index is -3.73. The number of nitrogens with one attached hydrogen (secondary N) is 1. The zero-order chi connectivity index (χ0) is 20.4. The highest BCUT2D eigenvalue weighted by Gasteiger charge is 2.32. The van der Waals surface area contributed by atoms with Gasteiger partial charge >= 0.3 is 0 Å². The molecule has 1 N–H and O–H groups in total. The first-order valence-electron chi connectivity index (χ1n) is 8.37. The third kappa shape index (κ3) is 4.94. The van der Waals surface area contributed by atoms with Gasteiger partial charge in [-0.1, -0.05) is 42.3 Å². The van der Waals surface area contributed by atoms with Crippen molar-refractivity contribution in [1.82, 2.24) is 0 Å². The average molecular weight is 429 g/mol. The van der Waals surface area contributed by atoms with Gasteiger partial charge in [-0.15, -0.1) is 0 Å². The number of halogens is 2. The Balaban J connectivity index is 2.44. The molecule has 0 heterocycles. The molecule has 2 aromatic rings. The molecule has 1 amide bonds. The van der Waals surface area contributed by atoms with Crippen LogP contribution in [0.1, 0.15) is 24.5 Å². The van der Waals surface area contributed by atoms with Crippen LogP contribution < -0.4 is 9.62 Å². The predicted molar refractivity (Wildman–Crippen MR) is 112 cm³/mol. The van der Waals surface area contributed by atoms with Gasteiger partial charge < -0.3 is 5.32 Å². The normalized spacial score (nSPS) is 12.5. The molecule has 146 valence electrons. The van der Waals surface area contributed by atoms with Crippen molar-refractivity contribution in [3.63, 3.8) is 0 Å². The van der Waals surface area contributed by atoms with Crippen LogP contribution in [0.25, 0.3) is 0 Å². The lowest BCUT2D eigenvalue weighted by atomic mass is 10.1. The zero-order valence-corrected chi connectivity index (χ0v) is 17.9. The van der Waals surface area contributed by atoms with E-state index in [1.807, 2.05) is 6.92 Å². The van der Waals surface area contributed by atoms with Gasteiger partial charge in [0, 0.05) is 15.7 Å². The fraction of sp³-hybridized carbons (Fsp3) is 0.316. The van der Waals surface area contributed by atoms with E-state index in [1.54, 1.807) is 50.2 Å². The van der Waals surface area contributed by atoms with Crippen molar-refractivity contribution in [1.29, 1.82) is 0 Å². The van der Waals surface area contributed by atoms with Crippen LogP contribution in [0.3, 0.4) is 0 Å². The lowest BCUT2D eigenvalue weighted by molar-refractivity contribution is -0.117. The highest BCUT2D eigenvalue weighted by Crippen LogP contribution is 2.29. The third-order valence-electron chi connectivity index (χ3n) is 4.27. The molecule has 8 heteroatoms. The second-order valence-corrected chi connectivity index (χ2v) is 8.99. The van der Waals surface area contributed by atoms with Crippen LogP contribution in [-0.2, 0) is 14.8 Å². The van der Waals surface area contributed by atoms with Crippen LogP contribution in [0.4, 0.5) is 11.4 Å². The Labute approximate surface area is 170 Å². The van der Waals surface area contributed by atoms with Crippen molar-refractivity contribution in [2.45, 2.75) is 33.2 Å². The number of aryl methyl sites for hydroxylation is 1. The zero-order valence-electron chi connectivity index (χ0n) is 15.6. The van der Waals surface area contributed by atoms with E-state index in [0.717, 1.165) is 16.1 Å². The standard InChI is InChI=1S/C19H22Cl2N2O3S/c1-5-18(19(24)22-17-8-6-7-15(20)13(17)3)23(27(4,25)26)14-10-9-12(2)16(21)11-14/h6-11,18H,5H2,1-4H3,(H,22,24)/t18-/m1/s1. The summed E-state index contributed by atoms with van der Waals surface area (Å²) in [4.78, 5) is 12.9. The van der Waals surface area contributed by atoms with Gasteiger partial charge in [0.05, 0.1) is 11.9 Å². The number of carbonyl (C=O) groups is 1. The maximum absolute atomic E-state index is 12.9. The van der Waals surface area contributed by atoms with Crippen molar-refractivity contribution in [3.05, 3.63) is 57.6 Å². The molecule has 0 saturated carbocycles. The quantitative estimate of drug-likeness (QED) is 0.718. The minimum Gasteiger partial charge on any atom is -0.324 e. The fourth-order valence-electron chi connectivity index (χ4n) is 2.74. The smallest absolute Gasteiger partial charge is 0.248 e. The number of hydrogen-bond acceptors (Lipinski definition) is 3. The monoisotopic (exact) mass is 428 g/mol. The molecule has 0 aliphatic heterocycles. The Bertz CT molecular complexity index is 961. The largest absolute Gasteiger partial charge is 0.324 e. The van der Waals surface area contributed by atoms with Gasteiger partial charge in [0.1, 0.15) is 6.04 Å². The molecule has 5 nitrogen and oxygen atoms in total. The van der Waals surface area contributed by atoms with E-state index < -0.39 is 22.0 Å². The number of benzene rings is 2. The molecule has 0 aliphatic carbocycles. The first-order chi connectivity index (χ1) is 12.6. The van der Waals surface area contributed by atoms with Crippen LogP contribution in [0.2, 0.25) is 10.0 Å². The van der Waals surface area contributed by atoms with Gasteiger partial charge in [0.15, 0.2) is 0 Å². The molecule has 1 atom stereocenters. The van der Waals surface area contributed by atoms with Gasteiger partial charge in [-0.2, -0.15) is 0 Å². The Kier molecular flexibility index (Phi) is 6.78. The Morgan fingerprint density at radius 1 is 1.15 bits per heavy atom. The van der Waals surface area contributed by atoms with E-state index >= 15 is 0 Å². The third-order valence-corrected chi connectivity index (χ3v) is 6.26. The van der Waals surface area contributed by atoms with Crippen molar-refractivity contribution in [3.8, 4) is 0 Å². The van der Waals surface area contributed by atoms with Gasteiger partial charge in [-0.25, -0.2) is 8.42 Å². The summed E-state index contributed by atoms with van der Waals surface area (Å²) in [6.07, 6.45) is 1.35. The van der Waals surface area contributed by atoms with Crippen LogP contribution >= 0.6 is 23.2 Å². The second kappa shape index (κ2) is 8.50. The Morgan fingerprint density at radius 2 is 1.81 bits per heavy atom. The molecule has 0 aliphatic rings. The van der Waals surface area contributed by atoms with Crippen molar-refractivity contribution in [2.75, 3.05) is 15.9 Å². The van der Waals surface area contributed by atoms with Crippen LogP contribution in [0, 0.1) is 13.8 Å². The molecule has 0 saturated heterocycles. The molecule has 2 rings (SSSR count). The maximum atomic E-state index is 12.9. The summed E-state index contributed by atoms with van der Waals surface area (Å²) in [6, 6.07) is 9.15. The summed E-state index contributed by atoms with van der Waals surface area (Å²) in [5, 5.41) is 3.74. The Hall–Kier alpha value is -1.76. The van der Waals surface area contributed by atoms with E-state index in [9.17, 15) is 13.2 Å². The molecule has 0 unspecified atom stereocenters. The molecule has 2 aromatic carbocycles. The summed E-state index contributed by atoms with van der Waals surface area (Å²) in [6.45, 7) is 5.36. The summed E-state index contributed by atoms with van der Waals surface area (Å²) in [5.74, 6) is -0.440. The number of carbonyl (C=O) groups excluding carboxylic acids is 1. The average Bonchev–Trinajstić information content (AvgIpc) is 2.58. The van der Waals surface area contributed by atoms with Crippen molar-refractivity contribution >= 4 is 50.5 Å². The van der Waals surface area contributed by atoms with Gasteiger partial charge in [0.25, 0.3) is 0 Å². The number of sulfonamides is 1. The van der Waals surface area contributed by atoms with E-state index in [2.05, 4.69) is 5.32 Å². The summed E-state index contributed by atoms with van der Waals surface area (Å²) in [5.41, 5.74) is 2.42. The lowest BCUT2D eigenvalue weighted by Gasteiger charge is -2.30. The van der Waals surface area contributed by atoms with Gasteiger partial charge in [-0.3, -0.25) is 9.10 Å². The van der Waals surface area contributed by atoms with Crippen molar-refractivity contribution in [2.24, 2.45) is 0 Å². The summed E-state index contributed by atoms with van der Waals surface area (Å²) in [7, 11) is -3.73. The van der Waals surface area contributed by atoms with Crippen molar-refractivity contribution < 1.29 is 13.2 Å². The fourth-order valence-corrected chi connectivity index (χ4v) is 4.29. The summed E-state index contributed by atoms with van der Waals surface area (Å²) >= 11 is 12.3. The highest BCUT2D eigenvalue weighted by molar-refractivity contribution is 7.92. The predicted octanol–water partition coefficient (Wildman–Crippen LogP) is 4.79. The molecule has 27 heavy (non-hydrogen) atoms. The maximum Gasteiger partial charge on any atom is 0.248 e. The van der Waals surface area contributed by atoms with Crippen LogP contribution in [0.5, 0.6) is 0 Å². The molecule has 0 radical (unpaired) electrons. The molecule has 0 fully saturated rings. The first-order valence-corrected chi connectivity index (χ1v) is 11.0. The number of rotatable bonds is 6. The van der Waals surface area contributed by atoms with Crippen LogP contribution in [-0.4, -0.2) is 26.6 Å². The van der Waals surface area contributed by atoms with E-state index in [4.69, 9.17) is 23.2 Å². The minimum absolute atomic E-state index is 0.282. The topological polar surface area (TPSA) is 66.5 Å². The molecular formula is C19H22Cl2N2O3S. The lowest BCUT2D eigenvalue weighted by Crippen LogP contribution is -2.47. The SMILES string of the molecule is CC[C@H](C(=O)Nc1cccc(Cl)c1C)N(c1ccc(C)c(Cl)c1)S(C)(=O)=O. The number of amides is 1. The van der Waals surface area contributed by atoms with Crippen LogP contribution in [0.15, 0.2) is 36.4 Å².